The summed E-state index contributed by atoms with van der Waals surface area (Å²) in [6, 6.07) is 0.648. The second-order valence-corrected chi connectivity index (χ2v) is 4.30. The van der Waals surface area contributed by atoms with Crippen LogP contribution in [0.25, 0.3) is 0 Å². The van der Waals surface area contributed by atoms with E-state index in [4.69, 9.17) is 11.6 Å². The summed E-state index contributed by atoms with van der Waals surface area (Å²) in [7, 11) is 0. The molecule has 1 saturated heterocycles. The number of piperidine rings is 1. The van der Waals surface area contributed by atoms with Gasteiger partial charge in [-0.15, -0.1) is 0 Å². The monoisotopic (exact) mass is 249 g/mol. The van der Waals surface area contributed by atoms with E-state index in [-0.39, 0.29) is 11.5 Å². The molecule has 1 unspecified atom stereocenters. The van der Waals surface area contributed by atoms with Gasteiger partial charge in [0.2, 0.25) is 0 Å². The van der Waals surface area contributed by atoms with E-state index in [1.165, 1.54) is 0 Å². The van der Waals surface area contributed by atoms with Gasteiger partial charge in [0, 0.05) is 24.1 Å². The molecule has 1 fully saturated rings. The summed E-state index contributed by atoms with van der Waals surface area (Å²) >= 11 is 5.44. The number of hydrogen-bond acceptors (Lipinski definition) is 1. The van der Waals surface area contributed by atoms with Gasteiger partial charge in [0.1, 0.15) is 16.7 Å². The number of hydrogen-bond donors (Lipinski definition) is 1. The number of benzene rings is 1. The lowest BCUT2D eigenvalue weighted by atomic mass is 9.91. The predicted octanol–water partition coefficient (Wildman–Crippen LogP) is 3.22. The lowest BCUT2D eigenvalue weighted by Gasteiger charge is -2.24. The van der Waals surface area contributed by atoms with Crippen molar-refractivity contribution in [1.82, 2.24) is 5.32 Å². The fourth-order valence-electron chi connectivity index (χ4n) is 2.05. The van der Waals surface area contributed by atoms with Crippen molar-refractivity contribution in [3.8, 4) is 0 Å². The van der Waals surface area contributed by atoms with Gasteiger partial charge >= 0.3 is 0 Å². The van der Waals surface area contributed by atoms with Gasteiger partial charge in [-0.05, 0) is 19.4 Å². The standard InChI is InChI=1S/C11H11ClF3N/c12-10-8(14)4-7(13)9(11(10)15)6-2-1-3-16-5-6/h4,6,16H,1-3,5H2. The van der Waals surface area contributed by atoms with E-state index in [0.717, 1.165) is 13.0 Å². The minimum Gasteiger partial charge on any atom is -0.316 e. The Kier molecular flexibility index (Phi) is 3.40. The molecule has 16 heavy (non-hydrogen) atoms. The first-order valence-corrected chi connectivity index (χ1v) is 5.52. The van der Waals surface area contributed by atoms with Crippen LogP contribution in [-0.2, 0) is 0 Å². The highest BCUT2D eigenvalue weighted by Crippen LogP contribution is 2.32. The van der Waals surface area contributed by atoms with E-state index in [1.807, 2.05) is 0 Å². The minimum absolute atomic E-state index is 0.0985. The van der Waals surface area contributed by atoms with Gasteiger partial charge in [0.15, 0.2) is 5.82 Å². The normalized spacial score (nSPS) is 21.1. The largest absolute Gasteiger partial charge is 0.316 e. The van der Waals surface area contributed by atoms with E-state index < -0.39 is 22.5 Å². The molecule has 1 aliphatic rings. The molecule has 0 amide bonds. The molecule has 1 nitrogen and oxygen atoms in total. The number of rotatable bonds is 1. The highest BCUT2D eigenvalue weighted by Gasteiger charge is 2.25. The Morgan fingerprint density at radius 2 is 2.00 bits per heavy atom. The van der Waals surface area contributed by atoms with Gasteiger partial charge in [-0.25, -0.2) is 13.2 Å². The van der Waals surface area contributed by atoms with E-state index in [1.54, 1.807) is 0 Å². The third kappa shape index (κ3) is 2.04. The summed E-state index contributed by atoms with van der Waals surface area (Å²) in [5.41, 5.74) is -0.0985. The quantitative estimate of drug-likeness (QED) is 0.595. The fourth-order valence-corrected chi connectivity index (χ4v) is 2.21. The number of nitrogens with one attached hydrogen (secondary N) is 1. The molecule has 0 bridgehead atoms. The average Bonchev–Trinajstić information content (AvgIpc) is 2.28. The van der Waals surface area contributed by atoms with E-state index >= 15 is 0 Å². The Morgan fingerprint density at radius 1 is 1.25 bits per heavy atom. The highest BCUT2D eigenvalue weighted by atomic mass is 35.5. The maximum absolute atomic E-state index is 13.7. The summed E-state index contributed by atoms with van der Waals surface area (Å²) < 4.78 is 40.1. The smallest absolute Gasteiger partial charge is 0.151 e. The molecule has 0 spiro atoms. The van der Waals surface area contributed by atoms with Gasteiger partial charge in [-0.2, -0.15) is 0 Å². The molecule has 1 aromatic rings. The van der Waals surface area contributed by atoms with Crippen molar-refractivity contribution >= 4 is 11.6 Å². The van der Waals surface area contributed by atoms with Crippen molar-refractivity contribution in [3.63, 3.8) is 0 Å². The van der Waals surface area contributed by atoms with Crippen LogP contribution in [0.2, 0.25) is 5.02 Å². The Morgan fingerprint density at radius 3 is 2.62 bits per heavy atom. The fraction of sp³-hybridized carbons (Fsp3) is 0.455. The SMILES string of the molecule is Fc1cc(F)c(C2CCCNC2)c(F)c1Cl. The maximum atomic E-state index is 13.7. The first-order valence-electron chi connectivity index (χ1n) is 5.15. The lowest BCUT2D eigenvalue weighted by Crippen LogP contribution is -2.29. The first-order chi connectivity index (χ1) is 7.61. The zero-order valence-electron chi connectivity index (χ0n) is 8.49. The van der Waals surface area contributed by atoms with E-state index in [0.29, 0.717) is 19.0 Å². The van der Waals surface area contributed by atoms with Crippen molar-refractivity contribution in [2.24, 2.45) is 0 Å². The summed E-state index contributed by atoms with van der Waals surface area (Å²) in [5.74, 6) is -3.14. The van der Waals surface area contributed by atoms with Gasteiger partial charge in [0.25, 0.3) is 0 Å². The minimum atomic E-state index is -1.05. The molecule has 5 heteroatoms. The molecule has 2 rings (SSSR count). The average molecular weight is 250 g/mol. The van der Waals surface area contributed by atoms with Gasteiger partial charge in [-0.3, -0.25) is 0 Å². The van der Waals surface area contributed by atoms with Crippen molar-refractivity contribution in [1.29, 1.82) is 0 Å². The van der Waals surface area contributed by atoms with Crippen molar-refractivity contribution in [2.75, 3.05) is 13.1 Å². The van der Waals surface area contributed by atoms with Gasteiger partial charge < -0.3 is 5.32 Å². The Labute approximate surface area is 96.6 Å². The van der Waals surface area contributed by atoms with Gasteiger partial charge in [0.05, 0.1) is 0 Å². The molecule has 0 saturated carbocycles. The molecule has 0 aromatic heterocycles. The molecular formula is C11H11ClF3N. The van der Waals surface area contributed by atoms with Crippen LogP contribution in [0.5, 0.6) is 0 Å². The van der Waals surface area contributed by atoms with Crippen LogP contribution in [0.4, 0.5) is 13.2 Å². The maximum Gasteiger partial charge on any atom is 0.151 e. The molecule has 1 aliphatic heterocycles. The molecule has 0 aliphatic carbocycles. The van der Waals surface area contributed by atoms with Crippen LogP contribution >= 0.6 is 11.6 Å². The molecule has 0 radical (unpaired) electrons. The topological polar surface area (TPSA) is 12.0 Å². The molecule has 1 aromatic carbocycles. The van der Waals surface area contributed by atoms with Crippen LogP contribution in [0.3, 0.4) is 0 Å². The van der Waals surface area contributed by atoms with Gasteiger partial charge in [-0.1, -0.05) is 11.6 Å². The Bertz CT molecular complexity index is 403. The Balaban J connectivity index is 2.42. The van der Waals surface area contributed by atoms with Crippen molar-refractivity contribution < 1.29 is 13.2 Å². The second-order valence-electron chi connectivity index (χ2n) is 3.93. The summed E-state index contributed by atoms with van der Waals surface area (Å²) in [6.07, 6.45) is 1.53. The third-order valence-electron chi connectivity index (χ3n) is 2.85. The van der Waals surface area contributed by atoms with Crippen molar-refractivity contribution in [2.45, 2.75) is 18.8 Å². The zero-order valence-corrected chi connectivity index (χ0v) is 9.25. The lowest BCUT2D eigenvalue weighted by molar-refractivity contribution is 0.424. The van der Waals surface area contributed by atoms with Crippen LogP contribution in [0, 0.1) is 17.5 Å². The molecule has 1 heterocycles. The zero-order chi connectivity index (χ0) is 11.7. The Hall–Kier alpha value is -0.740. The second kappa shape index (κ2) is 4.63. The molecule has 1 N–H and O–H groups in total. The van der Waals surface area contributed by atoms with Crippen LogP contribution in [0.15, 0.2) is 6.07 Å². The third-order valence-corrected chi connectivity index (χ3v) is 3.20. The van der Waals surface area contributed by atoms with E-state index in [2.05, 4.69) is 5.32 Å². The summed E-state index contributed by atoms with van der Waals surface area (Å²) in [4.78, 5) is 0. The molecular weight excluding hydrogens is 239 g/mol. The van der Waals surface area contributed by atoms with Crippen LogP contribution < -0.4 is 5.32 Å². The summed E-state index contributed by atoms with van der Waals surface area (Å²) in [5, 5.41) is 2.43. The van der Waals surface area contributed by atoms with Crippen molar-refractivity contribution in [3.05, 3.63) is 34.1 Å². The van der Waals surface area contributed by atoms with E-state index in [9.17, 15) is 13.2 Å². The predicted molar refractivity (Wildman–Crippen MR) is 56.2 cm³/mol. The summed E-state index contributed by atoms with van der Waals surface area (Å²) in [6.45, 7) is 1.34. The number of halogens is 4. The highest BCUT2D eigenvalue weighted by molar-refractivity contribution is 6.31. The first kappa shape index (κ1) is 11.7. The molecule has 88 valence electrons. The van der Waals surface area contributed by atoms with Crippen LogP contribution in [0.1, 0.15) is 24.3 Å². The molecule has 1 atom stereocenters. The van der Waals surface area contributed by atoms with Crippen LogP contribution in [-0.4, -0.2) is 13.1 Å².